The van der Waals surface area contributed by atoms with Crippen LogP contribution in [0.15, 0.2) is 12.4 Å². The molecule has 0 aliphatic rings. The van der Waals surface area contributed by atoms with Crippen LogP contribution in [0.5, 0.6) is 0 Å². The third-order valence-electron chi connectivity index (χ3n) is 2.09. The Bertz CT molecular complexity index is 307. The summed E-state index contributed by atoms with van der Waals surface area (Å²) in [6.45, 7) is 4.57. The Kier molecular flexibility index (Phi) is 3.83. The fraction of sp³-hybridized carbons (Fsp3) is 0.600. The van der Waals surface area contributed by atoms with Crippen LogP contribution < -0.4 is 0 Å². The van der Waals surface area contributed by atoms with Gasteiger partial charge in [0, 0.05) is 18.9 Å². The van der Waals surface area contributed by atoms with Crippen molar-refractivity contribution in [3.8, 4) is 0 Å². The Labute approximate surface area is 83.6 Å². The largest absolute Gasteiger partial charge is 0.385 e. The molecule has 0 bridgehead atoms. The van der Waals surface area contributed by atoms with Crippen LogP contribution in [0.3, 0.4) is 0 Å². The van der Waals surface area contributed by atoms with Gasteiger partial charge in [-0.1, -0.05) is 13.8 Å². The maximum atomic E-state index is 11.6. The average Bonchev–Trinajstić information content (AvgIpc) is 2.64. The minimum absolute atomic E-state index is 0.286. The topological polar surface area (TPSA) is 55.1 Å². The maximum absolute atomic E-state index is 11.6. The van der Waals surface area contributed by atoms with Gasteiger partial charge in [-0.2, -0.15) is 0 Å². The molecule has 14 heavy (non-hydrogen) atoms. The Hall–Kier alpha value is -1.16. The molecule has 1 aromatic rings. The molecule has 0 radical (unpaired) electrons. The zero-order chi connectivity index (χ0) is 10.6. The van der Waals surface area contributed by atoms with Crippen molar-refractivity contribution in [1.29, 1.82) is 0 Å². The van der Waals surface area contributed by atoms with E-state index in [2.05, 4.69) is 4.98 Å². The van der Waals surface area contributed by atoms with Crippen LogP contribution in [0.25, 0.3) is 0 Å². The molecule has 1 unspecified atom stereocenters. The number of hydrogen-bond acceptors (Lipinski definition) is 3. The number of Topliss-reactive ketones (excluding diaryl/α,β-unsaturated/α-hetero) is 1. The molecule has 1 aromatic heterocycles. The van der Waals surface area contributed by atoms with Gasteiger partial charge in [0.05, 0.1) is 0 Å². The number of carbonyl (C=O) groups is 1. The van der Waals surface area contributed by atoms with E-state index in [0.29, 0.717) is 12.2 Å². The van der Waals surface area contributed by atoms with Crippen molar-refractivity contribution < 1.29 is 9.90 Å². The van der Waals surface area contributed by atoms with Gasteiger partial charge in [0.25, 0.3) is 0 Å². The lowest BCUT2D eigenvalue weighted by Crippen LogP contribution is -2.23. The van der Waals surface area contributed by atoms with Crippen molar-refractivity contribution in [3.63, 3.8) is 0 Å². The van der Waals surface area contributed by atoms with Gasteiger partial charge in [-0.05, 0) is 12.8 Å². The van der Waals surface area contributed by atoms with Crippen molar-refractivity contribution in [2.45, 2.75) is 39.3 Å². The van der Waals surface area contributed by atoms with E-state index in [1.54, 1.807) is 23.9 Å². The molecule has 0 amide bonds. The van der Waals surface area contributed by atoms with Gasteiger partial charge in [0.2, 0.25) is 5.78 Å². The number of imidazole rings is 1. The van der Waals surface area contributed by atoms with E-state index in [1.807, 2.05) is 6.92 Å². The number of carbonyl (C=O) groups excluding carboxylic acids is 1. The first kappa shape index (κ1) is 10.9. The summed E-state index contributed by atoms with van der Waals surface area (Å²) >= 11 is 0. The highest BCUT2D eigenvalue weighted by atomic mass is 16.3. The minimum Gasteiger partial charge on any atom is -0.385 e. The third kappa shape index (κ3) is 2.20. The van der Waals surface area contributed by atoms with Gasteiger partial charge in [-0.15, -0.1) is 0 Å². The molecule has 4 nitrogen and oxygen atoms in total. The lowest BCUT2D eigenvalue weighted by atomic mass is 10.2. The Morgan fingerprint density at radius 3 is 2.93 bits per heavy atom. The van der Waals surface area contributed by atoms with Crippen molar-refractivity contribution in [3.05, 3.63) is 18.2 Å². The van der Waals surface area contributed by atoms with Crippen molar-refractivity contribution in [2.24, 2.45) is 0 Å². The summed E-state index contributed by atoms with van der Waals surface area (Å²) in [4.78, 5) is 15.6. The highest BCUT2D eigenvalue weighted by Gasteiger charge is 2.19. The van der Waals surface area contributed by atoms with Crippen molar-refractivity contribution >= 4 is 5.78 Å². The lowest BCUT2D eigenvalue weighted by molar-refractivity contribution is 0.0724. The molecular formula is C10H16N2O2. The fourth-order valence-corrected chi connectivity index (χ4v) is 1.29. The average molecular weight is 196 g/mol. The van der Waals surface area contributed by atoms with Gasteiger partial charge < -0.3 is 9.67 Å². The van der Waals surface area contributed by atoms with E-state index >= 15 is 0 Å². The number of aliphatic hydroxyl groups is 1. The SMILES string of the molecule is CCCn1ccnc1C(=O)C(O)CC. The second-order valence-corrected chi connectivity index (χ2v) is 3.23. The molecule has 0 aromatic carbocycles. The number of aromatic nitrogens is 2. The molecule has 0 saturated carbocycles. The number of hydrogen-bond donors (Lipinski definition) is 1. The molecule has 0 aliphatic carbocycles. The van der Waals surface area contributed by atoms with Gasteiger partial charge in [0.15, 0.2) is 5.82 Å². The standard InChI is InChI=1S/C10H16N2O2/c1-3-6-12-7-5-11-10(12)9(14)8(13)4-2/h5,7-8,13H,3-4,6H2,1-2H3. The van der Waals surface area contributed by atoms with E-state index < -0.39 is 6.10 Å². The highest BCUT2D eigenvalue weighted by molar-refractivity contribution is 5.96. The first-order chi connectivity index (χ1) is 6.70. The number of nitrogens with zero attached hydrogens (tertiary/aromatic N) is 2. The third-order valence-corrected chi connectivity index (χ3v) is 2.09. The molecule has 1 atom stereocenters. The van der Waals surface area contributed by atoms with Crippen molar-refractivity contribution in [2.75, 3.05) is 0 Å². The van der Waals surface area contributed by atoms with Crippen LogP contribution >= 0.6 is 0 Å². The van der Waals surface area contributed by atoms with E-state index in [9.17, 15) is 9.90 Å². The van der Waals surface area contributed by atoms with Crippen molar-refractivity contribution in [1.82, 2.24) is 9.55 Å². The lowest BCUT2D eigenvalue weighted by Gasteiger charge is -2.08. The first-order valence-corrected chi connectivity index (χ1v) is 4.94. The number of rotatable bonds is 5. The Morgan fingerprint density at radius 2 is 2.36 bits per heavy atom. The molecule has 78 valence electrons. The normalized spacial score (nSPS) is 12.8. The van der Waals surface area contributed by atoms with E-state index in [4.69, 9.17) is 0 Å². The number of aliphatic hydroxyl groups excluding tert-OH is 1. The molecule has 1 heterocycles. The molecule has 0 spiro atoms. The maximum Gasteiger partial charge on any atom is 0.226 e. The summed E-state index contributed by atoms with van der Waals surface area (Å²) in [7, 11) is 0. The van der Waals surface area contributed by atoms with Crippen LogP contribution in [0.2, 0.25) is 0 Å². The van der Waals surface area contributed by atoms with Crippen LogP contribution in [-0.4, -0.2) is 26.5 Å². The van der Waals surface area contributed by atoms with Crippen LogP contribution in [0.1, 0.15) is 37.3 Å². The van der Waals surface area contributed by atoms with E-state index in [1.165, 1.54) is 0 Å². The summed E-state index contributed by atoms with van der Waals surface area (Å²) < 4.78 is 1.78. The van der Waals surface area contributed by atoms with Crippen LogP contribution in [-0.2, 0) is 6.54 Å². The van der Waals surface area contributed by atoms with Gasteiger partial charge >= 0.3 is 0 Å². The molecule has 1 N–H and O–H groups in total. The van der Waals surface area contributed by atoms with E-state index in [0.717, 1.165) is 13.0 Å². The molecule has 0 fully saturated rings. The summed E-state index contributed by atoms with van der Waals surface area (Å²) in [5.41, 5.74) is 0. The van der Waals surface area contributed by atoms with Gasteiger partial charge in [-0.25, -0.2) is 4.98 Å². The highest BCUT2D eigenvalue weighted by Crippen LogP contribution is 2.05. The number of ketones is 1. The first-order valence-electron chi connectivity index (χ1n) is 4.94. The van der Waals surface area contributed by atoms with Gasteiger partial charge in [-0.3, -0.25) is 4.79 Å². The summed E-state index contributed by atoms with van der Waals surface area (Å²) in [5.74, 6) is 0.0761. The summed E-state index contributed by atoms with van der Waals surface area (Å²) in [6.07, 6.45) is 3.80. The number of aryl methyl sites for hydroxylation is 1. The van der Waals surface area contributed by atoms with E-state index in [-0.39, 0.29) is 5.78 Å². The fourth-order valence-electron chi connectivity index (χ4n) is 1.29. The summed E-state index contributed by atoms with van der Waals surface area (Å²) in [5, 5.41) is 9.39. The second-order valence-electron chi connectivity index (χ2n) is 3.23. The molecule has 4 heteroatoms. The zero-order valence-electron chi connectivity index (χ0n) is 8.60. The minimum atomic E-state index is -0.923. The Morgan fingerprint density at radius 1 is 1.64 bits per heavy atom. The smallest absolute Gasteiger partial charge is 0.226 e. The van der Waals surface area contributed by atoms with Crippen LogP contribution in [0.4, 0.5) is 0 Å². The molecule has 0 saturated heterocycles. The van der Waals surface area contributed by atoms with Gasteiger partial charge in [0.1, 0.15) is 6.10 Å². The molecular weight excluding hydrogens is 180 g/mol. The predicted molar refractivity (Wildman–Crippen MR) is 53.1 cm³/mol. The summed E-state index contributed by atoms with van der Waals surface area (Å²) in [6, 6.07) is 0. The molecule has 0 aliphatic heterocycles. The second kappa shape index (κ2) is 4.91. The predicted octanol–water partition coefficient (Wildman–Crippen LogP) is 1.25. The monoisotopic (exact) mass is 196 g/mol. The van der Waals surface area contributed by atoms with Crippen LogP contribution in [0, 0.1) is 0 Å². The zero-order valence-corrected chi connectivity index (χ0v) is 8.60. The Balaban J connectivity index is 2.83. The quantitative estimate of drug-likeness (QED) is 0.721. The molecule has 1 rings (SSSR count).